The van der Waals surface area contributed by atoms with E-state index in [0.717, 1.165) is 0 Å². The quantitative estimate of drug-likeness (QED) is 0.729. The number of nitrogens with one attached hydrogen (secondary N) is 2. The maximum Gasteiger partial charge on any atom is 0.251 e. The van der Waals surface area contributed by atoms with Crippen LogP contribution in [0.1, 0.15) is 22.8 Å². The number of benzene rings is 1. The number of nitrogens with two attached hydrogens (primary N) is 1. The van der Waals surface area contributed by atoms with Crippen molar-refractivity contribution in [1.82, 2.24) is 10.3 Å². The van der Waals surface area contributed by atoms with Crippen LogP contribution in [0.3, 0.4) is 0 Å². The Kier molecular flexibility index (Phi) is 5.27. The Balaban J connectivity index is 2.01. The molecule has 1 heterocycles. The molecule has 126 valence electrons. The van der Waals surface area contributed by atoms with Crippen LogP contribution in [-0.2, 0) is 21.4 Å². The molecule has 0 aliphatic rings. The molecule has 0 spiro atoms. The SMILES string of the molecule is CC(=O)Nc1cc(C(=O)NCc2ccc(S(N)(=O)=O)cc2)ccn1. The summed E-state index contributed by atoms with van der Waals surface area (Å²) in [6.07, 6.45) is 1.42. The van der Waals surface area contributed by atoms with Gasteiger partial charge in [-0.05, 0) is 29.8 Å². The van der Waals surface area contributed by atoms with Gasteiger partial charge in [0.25, 0.3) is 5.91 Å². The number of carbonyl (C=O) groups is 2. The first-order chi connectivity index (χ1) is 11.3. The minimum Gasteiger partial charge on any atom is -0.348 e. The monoisotopic (exact) mass is 348 g/mol. The van der Waals surface area contributed by atoms with Crippen molar-refractivity contribution in [2.45, 2.75) is 18.4 Å². The second kappa shape index (κ2) is 7.20. The highest BCUT2D eigenvalue weighted by atomic mass is 32.2. The zero-order valence-electron chi connectivity index (χ0n) is 12.8. The molecule has 24 heavy (non-hydrogen) atoms. The first-order valence-corrected chi connectivity index (χ1v) is 8.44. The van der Waals surface area contributed by atoms with E-state index in [-0.39, 0.29) is 29.1 Å². The molecule has 0 aliphatic carbocycles. The third-order valence-corrected chi connectivity index (χ3v) is 3.96. The standard InChI is InChI=1S/C15H16N4O4S/c1-10(20)19-14-8-12(6-7-17-14)15(21)18-9-11-2-4-13(5-3-11)24(16,22)23/h2-8H,9H2,1H3,(H,18,21)(H2,16,22,23)(H,17,19,20). The number of sulfonamides is 1. The van der Waals surface area contributed by atoms with Crippen LogP contribution < -0.4 is 15.8 Å². The van der Waals surface area contributed by atoms with Crippen molar-refractivity contribution in [3.05, 3.63) is 53.7 Å². The number of nitrogens with zero attached hydrogens (tertiary/aromatic N) is 1. The molecule has 1 aromatic heterocycles. The van der Waals surface area contributed by atoms with Crippen molar-refractivity contribution >= 4 is 27.7 Å². The zero-order valence-corrected chi connectivity index (χ0v) is 13.6. The molecule has 0 fully saturated rings. The van der Waals surface area contributed by atoms with Crippen LogP contribution in [0.5, 0.6) is 0 Å². The number of hydrogen-bond acceptors (Lipinski definition) is 5. The zero-order chi connectivity index (χ0) is 17.7. The number of carbonyl (C=O) groups excluding carboxylic acids is 2. The largest absolute Gasteiger partial charge is 0.348 e. The third-order valence-electron chi connectivity index (χ3n) is 3.03. The summed E-state index contributed by atoms with van der Waals surface area (Å²) < 4.78 is 22.4. The van der Waals surface area contributed by atoms with Crippen LogP contribution in [0.4, 0.5) is 5.82 Å². The number of anilines is 1. The molecule has 0 saturated carbocycles. The van der Waals surface area contributed by atoms with Gasteiger partial charge >= 0.3 is 0 Å². The third kappa shape index (κ3) is 4.86. The molecule has 9 heteroatoms. The molecule has 1 aromatic carbocycles. The average molecular weight is 348 g/mol. The molecule has 0 saturated heterocycles. The van der Waals surface area contributed by atoms with Crippen molar-refractivity contribution < 1.29 is 18.0 Å². The van der Waals surface area contributed by atoms with Gasteiger partial charge in [0.15, 0.2) is 0 Å². The predicted molar refractivity (Wildman–Crippen MR) is 87.5 cm³/mol. The molecule has 2 rings (SSSR count). The van der Waals surface area contributed by atoms with Crippen LogP contribution >= 0.6 is 0 Å². The van der Waals surface area contributed by atoms with Gasteiger partial charge in [-0.3, -0.25) is 9.59 Å². The number of primary sulfonamides is 1. The van der Waals surface area contributed by atoms with Crippen molar-refractivity contribution in [2.75, 3.05) is 5.32 Å². The topological polar surface area (TPSA) is 131 Å². The molecule has 0 bridgehead atoms. The van der Waals surface area contributed by atoms with E-state index in [1.54, 1.807) is 12.1 Å². The van der Waals surface area contributed by atoms with Crippen LogP contribution in [0.25, 0.3) is 0 Å². The van der Waals surface area contributed by atoms with E-state index in [1.807, 2.05) is 0 Å². The maximum absolute atomic E-state index is 12.1. The Labute approximate surface area is 139 Å². The number of pyridine rings is 1. The van der Waals surface area contributed by atoms with Crippen molar-refractivity contribution in [3.8, 4) is 0 Å². The predicted octanol–water partition coefficient (Wildman–Crippen LogP) is 0.617. The van der Waals surface area contributed by atoms with Gasteiger partial charge < -0.3 is 10.6 Å². The lowest BCUT2D eigenvalue weighted by atomic mass is 10.2. The van der Waals surface area contributed by atoms with Gasteiger partial charge in [-0.2, -0.15) is 0 Å². The number of aromatic nitrogens is 1. The fourth-order valence-corrected chi connectivity index (χ4v) is 2.42. The first kappa shape index (κ1) is 17.6. The summed E-state index contributed by atoms with van der Waals surface area (Å²) in [5.74, 6) is -0.345. The molecule has 0 radical (unpaired) electrons. The Hall–Kier alpha value is -2.78. The van der Waals surface area contributed by atoms with Crippen molar-refractivity contribution in [3.63, 3.8) is 0 Å². The smallest absolute Gasteiger partial charge is 0.251 e. The molecule has 0 unspecified atom stereocenters. The molecular formula is C15H16N4O4S. The van der Waals surface area contributed by atoms with E-state index in [9.17, 15) is 18.0 Å². The van der Waals surface area contributed by atoms with Gasteiger partial charge in [0.1, 0.15) is 5.82 Å². The maximum atomic E-state index is 12.1. The van der Waals surface area contributed by atoms with E-state index in [4.69, 9.17) is 5.14 Å². The Morgan fingerprint density at radius 1 is 1.17 bits per heavy atom. The highest BCUT2D eigenvalue weighted by Crippen LogP contribution is 2.10. The van der Waals surface area contributed by atoms with Gasteiger partial charge in [-0.15, -0.1) is 0 Å². The van der Waals surface area contributed by atoms with E-state index < -0.39 is 10.0 Å². The summed E-state index contributed by atoms with van der Waals surface area (Å²) in [4.78, 5) is 27.1. The van der Waals surface area contributed by atoms with Gasteiger partial charge in [0, 0.05) is 25.2 Å². The minimum absolute atomic E-state index is 0.00617. The number of hydrogen-bond donors (Lipinski definition) is 3. The molecule has 8 nitrogen and oxygen atoms in total. The Morgan fingerprint density at radius 2 is 1.83 bits per heavy atom. The normalized spacial score (nSPS) is 10.9. The molecule has 2 aromatic rings. The second-order valence-electron chi connectivity index (χ2n) is 4.98. The molecule has 0 atom stereocenters. The van der Waals surface area contributed by atoms with Gasteiger partial charge in [-0.25, -0.2) is 18.5 Å². The summed E-state index contributed by atoms with van der Waals surface area (Å²) in [7, 11) is -3.74. The molecule has 2 amide bonds. The van der Waals surface area contributed by atoms with E-state index in [2.05, 4.69) is 15.6 Å². The van der Waals surface area contributed by atoms with E-state index >= 15 is 0 Å². The molecular weight excluding hydrogens is 332 g/mol. The average Bonchev–Trinajstić information content (AvgIpc) is 2.52. The molecule has 4 N–H and O–H groups in total. The van der Waals surface area contributed by atoms with Crippen LogP contribution in [-0.4, -0.2) is 25.2 Å². The summed E-state index contributed by atoms with van der Waals surface area (Å²) in [5.41, 5.74) is 1.06. The highest BCUT2D eigenvalue weighted by Gasteiger charge is 2.09. The number of rotatable bonds is 5. The lowest BCUT2D eigenvalue weighted by Gasteiger charge is -2.07. The van der Waals surface area contributed by atoms with Crippen molar-refractivity contribution in [2.24, 2.45) is 5.14 Å². The summed E-state index contributed by atoms with van der Waals surface area (Å²) in [5, 5.41) is 10.2. The van der Waals surface area contributed by atoms with Crippen LogP contribution in [0.2, 0.25) is 0 Å². The van der Waals surface area contributed by atoms with E-state index in [1.165, 1.54) is 37.4 Å². The fraction of sp³-hybridized carbons (Fsp3) is 0.133. The Bertz CT molecular complexity index is 863. The van der Waals surface area contributed by atoms with Gasteiger partial charge in [-0.1, -0.05) is 12.1 Å². The fourth-order valence-electron chi connectivity index (χ4n) is 1.90. The van der Waals surface area contributed by atoms with E-state index in [0.29, 0.717) is 11.1 Å². The summed E-state index contributed by atoms with van der Waals surface area (Å²) in [6, 6.07) is 8.85. The number of amides is 2. The minimum atomic E-state index is -3.74. The van der Waals surface area contributed by atoms with Crippen molar-refractivity contribution in [1.29, 1.82) is 0 Å². The summed E-state index contributed by atoms with van der Waals surface area (Å²) in [6.45, 7) is 1.56. The highest BCUT2D eigenvalue weighted by molar-refractivity contribution is 7.89. The molecule has 0 aliphatic heterocycles. The van der Waals surface area contributed by atoms with Gasteiger partial charge in [0.05, 0.1) is 4.90 Å². The first-order valence-electron chi connectivity index (χ1n) is 6.89. The van der Waals surface area contributed by atoms with Crippen LogP contribution in [0.15, 0.2) is 47.5 Å². The lowest BCUT2D eigenvalue weighted by molar-refractivity contribution is -0.114. The second-order valence-corrected chi connectivity index (χ2v) is 6.54. The summed E-state index contributed by atoms with van der Waals surface area (Å²) >= 11 is 0. The van der Waals surface area contributed by atoms with Gasteiger partial charge in [0.2, 0.25) is 15.9 Å². The lowest BCUT2D eigenvalue weighted by Crippen LogP contribution is -2.23. The Morgan fingerprint density at radius 3 is 2.42 bits per heavy atom. The van der Waals surface area contributed by atoms with Crippen LogP contribution in [0, 0.1) is 0 Å².